The van der Waals surface area contributed by atoms with Crippen LogP contribution in [0.4, 0.5) is 0 Å². The molecule has 0 radical (unpaired) electrons. The van der Waals surface area contributed by atoms with E-state index in [-0.39, 0.29) is 0 Å². The van der Waals surface area contributed by atoms with Crippen molar-refractivity contribution < 1.29 is 5.11 Å². The summed E-state index contributed by atoms with van der Waals surface area (Å²) in [6.07, 6.45) is 3.71. The van der Waals surface area contributed by atoms with Crippen LogP contribution in [0.3, 0.4) is 0 Å². The average Bonchev–Trinajstić information content (AvgIpc) is 2.73. The Morgan fingerprint density at radius 1 is 1.44 bits per heavy atom. The Labute approximate surface area is 94.3 Å². The van der Waals surface area contributed by atoms with E-state index in [1.54, 1.807) is 15.6 Å². The molecule has 1 unspecified atom stereocenters. The SMILES string of the molecule is Cc1cc(C(O)Cc2cnn(C)c2)n(C)n1. The molecule has 0 aliphatic heterocycles. The molecule has 0 aliphatic rings. The molecule has 0 bridgehead atoms. The number of aliphatic hydroxyl groups excluding tert-OH is 1. The smallest absolute Gasteiger partial charge is 0.0997 e. The van der Waals surface area contributed by atoms with E-state index in [1.165, 1.54) is 0 Å². The van der Waals surface area contributed by atoms with E-state index >= 15 is 0 Å². The number of aromatic nitrogens is 4. The summed E-state index contributed by atoms with van der Waals surface area (Å²) >= 11 is 0. The molecule has 2 aromatic rings. The van der Waals surface area contributed by atoms with Crippen LogP contribution in [0.1, 0.15) is 23.1 Å². The molecule has 0 amide bonds. The first kappa shape index (κ1) is 10.9. The summed E-state index contributed by atoms with van der Waals surface area (Å²) < 4.78 is 3.45. The zero-order chi connectivity index (χ0) is 11.7. The third kappa shape index (κ3) is 2.14. The first-order valence-corrected chi connectivity index (χ1v) is 5.22. The highest BCUT2D eigenvalue weighted by Crippen LogP contribution is 2.18. The largest absolute Gasteiger partial charge is 0.386 e. The van der Waals surface area contributed by atoms with Gasteiger partial charge in [0, 0.05) is 26.7 Å². The summed E-state index contributed by atoms with van der Waals surface area (Å²) in [6.45, 7) is 1.92. The van der Waals surface area contributed by atoms with Crippen LogP contribution in [0.15, 0.2) is 18.5 Å². The number of hydrogen-bond donors (Lipinski definition) is 1. The second-order valence-electron chi connectivity index (χ2n) is 4.08. The van der Waals surface area contributed by atoms with E-state index in [9.17, 15) is 5.11 Å². The molecular formula is C11H16N4O. The van der Waals surface area contributed by atoms with Crippen molar-refractivity contribution in [3.05, 3.63) is 35.4 Å². The van der Waals surface area contributed by atoms with Gasteiger partial charge in [-0.05, 0) is 18.6 Å². The van der Waals surface area contributed by atoms with Gasteiger partial charge < -0.3 is 5.11 Å². The average molecular weight is 220 g/mol. The monoisotopic (exact) mass is 220 g/mol. The van der Waals surface area contributed by atoms with Gasteiger partial charge in [-0.15, -0.1) is 0 Å². The molecule has 0 saturated carbocycles. The fourth-order valence-corrected chi connectivity index (χ4v) is 1.85. The van der Waals surface area contributed by atoms with Gasteiger partial charge in [-0.1, -0.05) is 0 Å². The highest BCUT2D eigenvalue weighted by Gasteiger charge is 2.14. The second-order valence-corrected chi connectivity index (χ2v) is 4.08. The molecule has 86 valence electrons. The Bertz CT molecular complexity index is 486. The van der Waals surface area contributed by atoms with Gasteiger partial charge in [0.1, 0.15) is 0 Å². The summed E-state index contributed by atoms with van der Waals surface area (Å²) in [7, 11) is 3.71. The van der Waals surface area contributed by atoms with Gasteiger partial charge in [0.25, 0.3) is 0 Å². The molecule has 2 rings (SSSR count). The fraction of sp³-hybridized carbons (Fsp3) is 0.455. The highest BCUT2D eigenvalue weighted by atomic mass is 16.3. The molecule has 1 N–H and O–H groups in total. The maximum absolute atomic E-state index is 10.1. The lowest BCUT2D eigenvalue weighted by Gasteiger charge is -2.09. The molecule has 0 aromatic carbocycles. The van der Waals surface area contributed by atoms with Gasteiger partial charge in [-0.25, -0.2) is 0 Å². The molecule has 0 spiro atoms. The Balaban J connectivity index is 2.14. The van der Waals surface area contributed by atoms with E-state index in [0.717, 1.165) is 17.0 Å². The topological polar surface area (TPSA) is 55.9 Å². The van der Waals surface area contributed by atoms with Crippen LogP contribution >= 0.6 is 0 Å². The molecule has 2 heterocycles. The van der Waals surface area contributed by atoms with Crippen molar-refractivity contribution in [3.63, 3.8) is 0 Å². The van der Waals surface area contributed by atoms with Crippen LogP contribution in [0.25, 0.3) is 0 Å². The van der Waals surface area contributed by atoms with Crippen molar-refractivity contribution in [3.8, 4) is 0 Å². The molecule has 2 aromatic heterocycles. The maximum Gasteiger partial charge on any atom is 0.0997 e. The van der Waals surface area contributed by atoms with Crippen LogP contribution < -0.4 is 0 Å². The van der Waals surface area contributed by atoms with E-state index in [0.29, 0.717) is 6.42 Å². The van der Waals surface area contributed by atoms with Crippen LogP contribution in [-0.2, 0) is 20.5 Å². The minimum absolute atomic E-state index is 0.532. The summed E-state index contributed by atoms with van der Waals surface area (Å²) in [6, 6.07) is 1.90. The predicted molar refractivity (Wildman–Crippen MR) is 59.8 cm³/mol. The number of aliphatic hydroxyl groups is 1. The Morgan fingerprint density at radius 3 is 2.69 bits per heavy atom. The van der Waals surface area contributed by atoms with Crippen molar-refractivity contribution in [2.24, 2.45) is 14.1 Å². The summed E-state index contributed by atoms with van der Waals surface area (Å²) in [5.74, 6) is 0. The van der Waals surface area contributed by atoms with Crippen molar-refractivity contribution >= 4 is 0 Å². The van der Waals surface area contributed by atoms with Crippen molar-refractivity contribution in [2.45, 2.75) is 19.4 Å². The Kier molecular flexibility index (Phi) is 2.78. The third-order valence-electron chi connectivity index (χ3n) is 2.57. The molecular weight excluding hydrogens is 204 g/mol. The lowest BCUT2D eigenvalue weighted by Crippen LogP contribution is -2.07. The van der Waals surface area contributed by atoms with E-state index in [1.807, 2.05) is 33.3 Å². The van der Waals surface area contributed by atoms with E-state index < -0.39 is 6.10 Å². The fourth-order valence-electron chi connectivity index (χ4n) is 1.85. The van der Waals surface area contributed by atoms with Gasteiger partial charge in [0.05, 0.1) is 23.7 Å². The molecule has 0 saturated heterocycles. The lowest BCUT2D eigenvalue weighted by atomic mass is 10.1. The highest BCUT2D eigenvalue weighted by molar-refractivity contribution is 5.15. The number of aryl methyl sites for hydroxylation is 3. The van der Waals surface area contributed by atoms with Gasteiger partial charge in [0.15, 0.2) is 0 Å². The standard InChI is InChI=1S/C11H16N4O/c1-8-4-10(15(3)13-8)11(16)5-9-6-12-14(2)7-9/h4,6-7,11,16H,5H2,1-3H3. The number of nitrogens with zero attached hydrogens (tertiary/aromatic N) is 4. The minimum atomic E-state index is -0.532. The normalized spacial score (nSPS) is 13.0. The van der Waals surface area contributed by atoms with Gasteiger partial charge >= 0.3 is 0 Å². The van der Waals surface area contributed by atoms with E-state index in [2.05, 4.69) is 10.2 Å². The predicted octanol–water partition coefficient (Wildman–Crippen LogP) is 0.738. The quantitative estimate of drug-likeness (QED) is 0.830. The molecule has 5 nitrogen and oxygen atoms in total. The zero-order valence-electron chi connectivity index (χ0n) is 9.75. The van der Waals surface area contributed by atoms with Gasteiger partial charge in [0.2, 0.25) is 0 Å². The van der Waals surface area contributed by atoms with Crippen LogP contribution in [0, 0.1) is 6.92 Å². The maximum atomic E-state index is 10.1. The van der Waals surface area contributed by atoms with E-state index in [4.69, 9.17) is 0 Å². The second kappa shape index (κ2) is 4.09. The number of rotatable bonds is 3. The zero-order valence-corrected chi connectivity index (χ0v) is 9.75. The molecule has 0 aliphatic carbocycles. The Hall–Kier alpha value is -1.62. The summed E-state index contributed by atoms with van der Waals surface area (Å²) in [5, 5.41) is 18.4. The molecule has 16 heavy (non-hydrogen) atoms. The van der Waals surface area contributed by atoms with Crippen LogP contribution in [-0.4, -0.2) is 24.7 Å². The Morgan fingerprint density at radius 2 is 2.19 bits per heavy atom. The van der Waals surface area contributed by atoms with Crippen molar-refractivity contribution in [1.29, 1.82) is 0 Å². The molecule has 1 atom stereocenters. The minimum Gasteiger partial charge on any atom is -0.386 e. The van der Waals surface area contributed by atoms with Crippen molar-refractivity contribution in [2.75, 3.05) is 0 Å². The first-order valence-electron chi connectivity index (χ1n) is 5.22. The van der Waals surface area contributed by atoms with Crippen molar-refractivity contribution in [1.82, 2.24) is 19.6 Å². The lowest BCUT2D eigenvalue weighted by molar-refractivity contribution is 0.168. The number of hydrogen-bond acceptors (Lipinski definition) is 3. The van der Waals surface area contributed by atoms with Gasteiger partial charge in [-0.2, -0.15) is 10.2 Å². The van der Waals surface area contributed by atoms with Crippen LogP contribution in [0.5, 0.6) is 0 Å². The summed E-state index contributed by atoms with van der Waals surface area (Å²) in [5.41, 5.74) is 2.78. The molecule has 5 heteroatoms. The summed E-state index contributed by atoms with van der Waals surface area (Å²) in [4.78, 5) is 0. The van der Waals surface area contributed by atoms with Gasteiger partial charge in [-0.3, -0.25) is 9.36 Å². The van der Waals surface area contributed by atoms with Crippen LogP contribution in [0.2, 0.25) is 0 Å². The first-order chi connectivity index (χ1) is 7.56. The molecule has 0 fully saturated rings. The third-order valence-corrected chi connectivity index (χ3v) is 2.57.